The number of likely N-dealkylation sites (N-methyl/N-ethyl adjacent to an activating group) is 1. The van der Waals surface area contributed by atoms with E-state index in [4.69, 9.17) is 9.47 Å². The summed E-state index contributed by atoms with van der Waals surface area (Å²) < 4.78 is 9.96. The number of halogens is 1. The van der Waals surface area contributed by atoms with Gasteiger partial charge in [-0.1, -0.05) is 43.0 Å². The zero-order chi connectivity index (χ0) is 15.5. The van der Waals surface area contributed by atoms with Crippen molar-refractivity contribution < 1.29 is 19.1 Å². The highest BCUT2D eigenvalue weighted by molar-refractivity contribution is 5.85. The van der Waals surface area contributed by atoms with Crippen molar-refractivity contribution >= 4 is 24.5 Å². The second-order valence-corrected chi connectivity index (χ2v) is 4.24. The maximum atomic E-state index is 11.7. The Morgan fingerprint density at radius 2 is 1.95 bits per heavy atom. The standard InChI is InChI=1S/C15H20N2O4.ClH/c1-3-9-20-14(18)13(10-16-2)17-15(19)21-11-12-7-5-4-6-8-12;/h3-8,13,16H,1,9-11H2,2H3,(H,17,19);1H. The first-order valence-corrected chi connectivity index (χ1v) is 6.56. The van der Waals surface area contributed by atoms with Gasteiger partial charge in [0.15, 0.2) is 0 Å². The lowest BCUT2D eigenvalue weighted by Crippen LogP contribution is -2.47. The third-order valence-corrected chi connectivity index (χ3v) is 2.54. The van der Waals surface area contributed by atoms with Crippen molar-refractivity contribution in [2.75, 3.05) is 20.2 Å². The van der Waals surface area contributed by atoms with E-state index in [1.165, 1.54) is 6.08 Å². The van der Waals surface area contributed by atoms with Gasteiger partial charge in [-0.3, -0.25) is 0 Å². The number of carbonyl (C=O) groups is 2. The molecule has 0 saturated heterocycles. The van der Waals surface area contributed by atoms with Gasteiger partial charge < -0.3 is 20.1 Å². The fourth-order valence-corrected chi connectivity index (χ4v) is 1.55. The first kappa shape index (κ1) is 19.9. The Kier molecular flexibility index (Phi) is 10.5. The van der Waals surface area contributed by atoms with Crippen LogP contribution in [0.2, 0.25) is 0 Å². The molecule has 22 heavy (non-hydrogen) atoms. The zero-order valence-corrected chi connectivity index (χ0v) is 13.2. The number of ether oxygens (including phenoxy) is 2. The number of hydrogen-bond acceptors (Lipinski definition) is 5. The van der Waals surface area contributed by atoms with Crippen molar-refractivity contribution in [3.8, 4) is 0 Å². The molecule has 0 aliphatic rings. The predicted octanol–water partition coefficient (Wildman–Crippen LogP) is 1.65. The SMILES string of the molecule is C=CCOC(=O)C(CNC)NC(=O)OCc1ccccc1.Cl. The first-order chi connectivity index (χ1) is 10.2. The summed E-state index contributed by atoms with van der Waals surface area (Å²) in [4.78, 5) is 23.4. The largest absolute Gasteiger partial charge is 0.460 e. The Morgan fingerprint density at radius 3 is 2.55 bits per heavy atom. The molecule has 0 aromatic heterocycles. The number of amides is 1. The Balaban J connectivity index is 0.00000441. The summed E-state index contributed by atoms with van der Waals surface area (Å²) in [6, 6.07) is 8.47. The van der Waals surface area contributed by atoms with Crippen molar-refractivity contribution in [2.45, 2.75) is 12.6 Å². The highest BCUT2D eigenvalue weighted by atomic mass is 35.5. The van der Waals surface area contributed by atoms with Gasteiger partial charge in [-0.15, -0.1) is 12.4 Å². The molecule has 0 aliphatic carbocycles. The van der Waals surface area contributed by atoms with Gasteiger partial charge in [0.05, 0.1) is 0 Å². The van der Waals surface area contributed by atoms with Crippen LogP contribution in [-0.2, 0) is 20.9 Å². The molecule has 0 saturated carbocycles. The van der Waals surface area contributed by atoms with E-state index in [9.17, 15) is 9.59 Å². The molecule has 1 unspecified atom stereocenters. The number of nitrogens with one attached hydrogen (secondary N) is 2. The van der Waals surface area contributed by atoms with Crippen molar-refractivity contribution in [1.82, 2.24) is 10.6 Å². The number of alkyl carbamates (subject to hydrolysis) is 1. The molecule has 1 amide bonds. The number of rotatable bonds is 8. The predicted molar refractivity (Wildman–Crippen MR) is 85.9 cm³/mol. The molecule has 0 bridgehead atoms. The van der Waals surface area contributed by atoms with Gasteiger partial charge in [-0.2, -0.15) is 0 Å². The van der Waals surface area contributed by atoms with E-state index in [1.807, 2.05) is 30.3 Å². The average molecular weight is 329 g/mol. The minimum atomic E-state index is -0.807. The van der Waals surface area contributed by atoms with Crippen LogP contribution < -0.4 is 10.6 Å². The van der Waals surface area contributed by atoms with Crippen LogP contribution in [0.15, 0.2) is 43.0 Å². The maximum absolute atomic E-state index is 11.7. The van der Waals surface area contributed by atoms with Crippen molar-refractivity contribution in [3.05, 3.63) is 48.6 Å². The Hall–Kier alpha value is -2.05. The van der Waals surface area contributed by atoms with Crippen LogP contribution in [0.1, 0.15) is 5.56 Å². The normalized spacial score (nSPS) is 10.8. The van der Waals surface area contributed by atoms with Crippen LogP contribution in [0.25, 0.3) is 0 Å². The van der Waals surface area contributed by atoms with Gasteiger partial charge in [0.1, 0.15) is 19.3 Å². The van der Waals surface area contributed by atoms with E-state index in [1.54, 1.807) is 7.05 Å². The summed E-state index contributed by atoms with van der Waals surface area (Å²) in [5, 5.41) is 5.27. The monoisotopic (exact) mass is 328 g/mol. The van der Waals surface area contributed by atoms with Crippen LogP contribution in [0, 0.1) is 0 Å². The molecule has 1 aromatic carbocycles. The number of carbonyl (C=O) groups excluding carboxylic acids is 2. The fraction of sp³-hybridized carbons (Fsp3) is 0.333. The summed E-state index contributed by atoms with van der Waals surface area (Å²) in [6.45, 7) is 3.94. The van der Waals surface area contributed by atoms with Crippen molar-refractivity contribution in [3.63, 3.8) is 0 Å². The summed E-state index contributed by atoms with van der Waals surface area (Å²) >= 11 is 0. The van der Waals surface area contributed by atoms with E-state index in [0.717, 1.165) is 5.56 Å². The van der Waals surface area contributed by atoms with Crippen LogP contribution in [0.4, 0.5) is 4.79 Å². The lowest BCUT2D eigenvalue weighted by atomic mass is 10.2. The molecule has 2 N–H and O–H groups in total. The van der Waals surface area contributed by atoms with Crippen LogP contribution in [0.5, 0.6) is 0 Å². The summed E-state index contributed by atoms with van der Waals surface area (Å²) in [7, 11) is 1.67. The van der Waals surface area contributed by atoms with Gasteiger partial charge in [0.2, 0.25) is 0 Å². The summed E-state index contributed by atoms with van der Waals surface area (Å²) in [5.74, 6) is -0.541. The fourth-order valence-electron chi connectivity index (χ4n) is 1.55. The molecule has 0 radical (unpaired) electrons. The molecule has 122 valence electrons. The van der Waals surface area contributed by atoms with Crippen molar-refractivity contribution in [2.24, 2.45) is 0 Å². The van der Waals surface area contributed by atoms with Crippen LogP contribution >= 0.6 is 12.4 Å². The molecule has 1 rings (SSSR count). The molecule has 7 heteroatoms. The number of benzene rings is 1. The van der Waals surface area contributed by atoms with Crippen molar-refractivity contribution in [1.29, 1.82) is 0 Å². The Labute approximate surface area is 136 Å². The Bertz CT molecular complexity index is 468. The van der Waals surface area contributed by atoms with Gasteiger partial charge >= 0.3 is 12.1 Å². The second-order valence-electron chi connectivity index (χ2n) is 4.24. The molecule has 6 nitrogen and oxygen atoms in total. The van der Waals surface area contributed by atoms with E-state index in [2.05, 4.69) is 17.2 Å². The van der Waals surface area contributed by atoms with Crippen LogP contribution in [-0.4, -0.2) is 38.3 Å². The molecular weight excluding hydrogens is 308 g/mol. The lowest BCUT2D eigenvalue weighted by molar-refractivity contribution is -0.144. The van der Waals surface area contributed by atoms with Gasteiger partial charge in [-0.05, 0) is 12.6 Å². The first-order valence-electron chi connectivity index (χ1n) is 6.56. The molecule has 0 fully saturated rings. The zero-order valence-electron chi connectivity index (χ0n) is 12.4. The topological polar surface area (TPSA) is 76.7 Å². The number of hydrogen-bond donors (Lipinski definition) is 2. The van der Waals surface area contributed by atoms with Gasteiger partial charge in [-0.25, -0.2) is 9.59 Å². The summed E-state index contributed by atoms with van der Waals surface area (Å²) in [5.41, 5.74) is 0.868. The van der Waals surface area contributed by atoms with Gasteiger partial charge in [0, 0.05) is 6.54 Å². The van der Waals surface area contributed by atoms with E-state index in [-0.39, 0.29) is 32.2 Å². The average Bonchev–Trinajstić information content (AvgIpc) is 2.51. The van der Waals surface area contributed by atoms with E-state index in [0.29, 0.717) is 0 Å². The number of esters is 1. The molecule has 1 atom stereocenters. The van der Waals surface area contributed by atoms with Gasteiger partial charge in [0.25, 0.3) is 0 Å². The van der Waals surface area contributed by atoms with E-state index < -0.39 is 18.1 Å². The third-order valence-electron chi connectivity index (χ3n) is 2.54. The van der Waals surface area contributed by atoms with Crippen LogP contribution in [0.3, 0.4) is 0 Å². The quantitative estimate of drug-likeness (QED) is 0.560. The molecule has 0 aliphatic heterocycles. The van der Waals surface area contributed by atoms with E-state index >= 15 is 0 Å². The maximum Gasteiger partial charge on any atom is 0.408 e. The molecule has 0 heterocycles. The minimum absolute atomic E-state index is 0. The Morgan fingerprint density at radius 1 is 1.27 bits per heavy atom. The minimum Gasteiger partial charge on any atom is -0.460 e. The highest BCUT2D eigenvalue weighted by Gasteiger charge is 2.21. The summed E-state index contributed by atoms with van der Waals surface area (Å²) in [6.07, 6.45) is 0.789. The molecule has 1 aromatic rings. The molecular formula is C15H21ClN2O4. The highest BCUT2D eigenvalue weighted by Crippen LogP contribution is 2.01. The lowest BCUT2D eigenvalue weighted by Gasteiger charge is -2.16. The second kappa shape index (κ2) is 11.6. The third kappa shape index (κ3) is 7.66. The smallest absolute Gasteiger partial charge is 0.408 e. The molecule has 0 spiro atoms.